The van der Waals surface area contributed by atoms with Crippen LogP contribution in [0, 0.1) is 0 Å². The van der Waals surface area contributed by atoms with Gasteiger partial charge in [0.2, 0.25) is 11.8 Å². The number of amides is 2. The van der Waals surface area contributed by atoms with Gasteiger partial charge in [-0.3, -0.25) is 18.6 Å². The maximum atomic E-state index is 12.6. The summed E-state index contributed by atoms with van der Waals surface area (Å²) in [5.41, 5.74) is 0. The maximum absolute atomic E-state index is 12.6. The van der Waals surface area contributed by atoms with Crippen LogP contribution in [0.15, 0.2) is 0 Å². The summed E-state index contributed by atoms with van der Waals surface area (Å²) in [6.07, 6.45) is 21.1. The van der Waals surface area contributed by atoms with Gasteiger partial charge < -0.3 is 20.0 Å². The normalized spacial score (nSPS) is 13.3. The van der Waals surface area contributed by atoms with E-state index in [1.54, 1.807) is 0 Å². The first-order valence-electron chi connectivity index (χ1n) is 17.0. The zero-order valence-electron chi connectivity index (χ0n) is 27.9. The Bertz CT molecular complexity index is 679. The minimum Gasteiger partial charge on any atom is -0.353 e. The maximum Gasteiger partial charge on any atom is 0.472 e. The Labute approximate surface area is 258 Å². The lowest BCUT2D eigenvalue weighted by Gasteiger charge is -2.25. The second-order valence-electron chi connectivity index (χ2n) is 12.8. The molecule has 0 aromatic carbocycles. The summed E-state index contributed by atoms with van der Waals surface area (Å²) in [4.78, 5) is 35.1. The summed E-state index contributed by atoms with van der Waals surface area (Å²) in [6, 6.07) is 0. The molecule has 2 amide bonds. The van der Waals surface area contributed by atoms with Crippen LogP contribution < -0.4 is 10.6 Å². The molecule has 1 atom stereocenters. The van der Waals surface area contributed by atoms with Crippen molar-refractivity contribution in [2.45, 2.75) is 148 Å². The average Bonchev–Trinajstić information content (AvgIpc) is 2.91. The quantitative estimate of drug-likeness (QED) is 0.0442. The number of phosphoric acid groups is 1. The number of unbranched alkanes of at least 4 members (excludes halogenated alkanes) is 16. The van der Waals surface area contributed by atoms with Crippen molar-refractivity contribution < 1.29 is 32.6 Å². The van der Waals surface area contributed by atoms with Gasteiger partial charge in [-0.1, -0.05) is 117 Å². The van der Waals surface area contributed by atoms with Gasteiger partial charge in [0, 0.05) is 25.9 Å². The summed E-state index contributed by atoms with van der Waals surface area (Å²) >= 11 is 0. The number of phosphoric ester groups is 1. The molecule has 1 unspecified atom stereocenters. The SMILES string of the molecule is CCCCCCCCCCCC(=O)NCC(CNC(=O)CCCCCCCCCCC)OP(=O)(O)OCC[N+](C)(C)C. The smallest absolute Gasteiger partial charge is 0.353 e. The van der Waals surface area contributed by atoms with Crippen LogP contribution in [0.4, 0.5) is 0 Å². The molecule has 0 rings (SSSR count). The van der Waals surface area contributed by atoms with E-state index in [1.807, 2.05) is 21.1 Å². The minimum absolute atomic E-state index is 0.0256. The summed E-state index contributed by atoms with van der Waals surface area (Å²) in [5.74, 6) is -0.238. The Kier molecular flexibility index (Phi) is 25.8. The molecule has 0 spiro atoms. The molecule has 0 aliphatic carbocycles. The fraction of sp³-hybridized carbons (Fsp3) is 0.938. The number of carbonyl (C=O) groups is 2. The van der Waals surface area contributed by atoms with Crippen molar-refractivity contribution in [1.29, 1.82) is 0 Å². The van der Waals surface area contributed by atoms with Gasteiger partial charge in [-0.05, 0) is 12.8 Å². The minimum atomic E-state index is -4.36. The Morgan fingerprint density at radius 3 is 1.38 bits per heavy atom. The summed E-state index contributed by atoms with van der Waals surface area (Å²) in [5, 5.41) is 5.63. The van der Waals surface area contributed by atoms with Crippen molar-refractivity contribution in [2.75, 3.05) is 47.4 Å². The standard InChI is InChI=1S/C32H66N3O6P/c1-6-8-10-12-14-16-18-20-22-24-31(36)33-28-30(41-42(38,39)40-27-26-35(3,4)5)29-34-32(37)25-23-21-19-17-15-13-11-9-7-2/h30H,6-29H2,1-5H3,(H2-,33,34,36,37,38,39)/p+1. The van der Waals surface area contributed by atoms with Gasteiger partial charge in [0.1, 0.15) is 19.3 Å². The fourth-order valence-corrected chi connectivity index (χ4v) is 5.52. The van der Waals surface area contributed by atoms with Crippen LogP contribution in [0.5, 0.6) is 0 Å². The summed E-state index contributed by atoms with van der Waals surface area (Å²) in [7, 11) is 1.52. The molecule has 10 heteroatoms. The number of carbonyl (C=O) groups excluding carboxylic acids is 2. The molecule has 0 bridgehead atoms. The third kappa shape index (κ3) is 29.1. The molecule has 0 aliphatic rings. The third-order valence-corrected chi connectivity index (χ3v) is 8.44. The Hall–Kier alpha value is -0.990. The Morgan fingerprint density at radius 1 is 0.667 bits per heavy atom. The van der Waals surface area contributed by atoms with Crippen molar-refractivity contribution in [3.8, 4) is 0 Å². The van der Waals surface area contributed by atoms with Crippen LogP contribution in [-0.2, 0) is 23.2 Å². The zero-order valence-corrected chi connectivity index (χ0v) is 28.8. The van der Waals surface area contributed by atoms with E-state index >= 15 is 0 Å². The predicted molar refractivity (Wildman–Crippen MR) is 173 cm³/mol. The molecule has 250 valence electrons. The molecule has 42 heavy (non-hydrogen) atoms. The highest BCUT2D eigenvalue weighted by Crippen LogP contribution is 2.44. The second-order valence-corrected chi connectivity index (χ2v) is 14.2. The number of rotatable bonds is 30. The van der Waals surface area contributed by atoms with Gasteiger partial charge in [0.15, 0.2) is 0 Å². The van der Waals surface area contributed by atoms with E-state index in [0.717, 1.165) is 38.5 Å². The van der Waals surface area contributed by atoms with Crippen LogP contribution in [0.2, 0.25) is 0 Å². The van der Waals surface area contributed by atoms with Gasteiger partial charge in [0.25, 0.3) is 0 Å². The molecular formula is C32H67N3O6P+. The van der Waals surface area contributed by atoms with E-state index in [0.29, 0.717) is 23.9 Å². The van der Waals surface area contributed by atoms with E-state index in [9.17, 15) is 19.0 Å². The largest absolute Gasteiger partial charge is 0.472 e. The van der Waals surface area contributed by atoms with Crippen LogP contribution >= 0.6 is 7.82 Å². The zero-order chi connectivity index (χ0) is 31.5. The van der Waals surface area contributed by atoms with Crippen molar-refractivity contribution >= 4 is 19.6 Å². The lowest BCUT2D eigenvalue weighted by atomic mass is 10.1. The second kappa shape index (κ2) is 26.4. The molecule has 0 aromatic rings. The topological polar surface area (TPSA) is 114 Å². The predicted octanol–water partition coefficient (Wildman–Crippen LogP) is 7.27. The molecule has 0 aliphatic heterocycles. The van der Waals surface area contributed by atoms with E-state index in [2.05, 4.69) is 24.5 Å². The summed E-state index contributed by atoms with van der Waals surface area (Å²) < 4.78 is 23.7. The highest BCUT2D eigenvalue weighted by atomic mass is 31.2. The number of hydrogen-bond donors (Lipinski definition) is 3. The van der Waals surface area contributed by atoms with Gasteiger partial charge in [0.05, 0.1) is 21.1 Å². The van der Waals surface area contributed by atoms with Crippen LogP contribution in [0.3, 0.4) is 0 Å². The molecule has 0 aromatic heterocycles. The number of hydrogen-bond acceptors (Lipinski definition) is 5. The third-order valence-electron chi connectivity index (χ3n) is 7.37. The Morgan fingerprint density at radius 2 is 1.02 bits per heavy atom. The van der Waals surface area contributed by atoms with Crippen LogP contribution in [0.25, 0.3) is 0 Å². The molecule has 0 heterocycles. The average molecular weight is 621 g/mol. The Balaban J connectivity index is 4.49. The van der Waals surface area contributed by atoms with Gasteiger partial charge in [-0.2, -0.15) is 0 Å². The highest BCUT2D eigenvalue weighted by Gasteiger charge is 2.28. The lowest BCUT2D eigenvalue weighted by Crippen LogP contribution is -2.41. The molecule has 9 nitrogen and oxygen atoms in total. The number of likely N-dealkylation sites (N-methyl/N-ethyl adjacent to an activating group) is 1. The molecule has 0 saturated heterocycles. The van der Waals surface area contributed by atoms with E-state index < -0.39 is 13.9 Å². The molecular weight excluding hydrogens is 553 g/mol. The fourth-order valence-electron chi connectivity index (χ4n) is 4.62. The lowest BCUT2D eigenvalue weighted by molar-refractivity contribution is -0.870. The van der Waals surface area contributed by atoms with Crippen LogP contribution in [-0.4, -0.2) is 74.7 Å². The molecule has 0 saturated carbocycles. The van der Waals surface area contributed by atoms with Gasteiger partial charge >= 0.3 is 7.82 Å². The van der Waals surface area contributed by atoms with Crippen LogP contribution in [0.1, 0.15) is 142 Å². The van der Waals surface area contributed by atoms with Crippen molar-refractivity contribution in [3.63, 3.8) is 0 Å². The number of nitrogens with one attached hydrogen (secondary N) is 2. The number of nitrogens with zero attached hydrogens (tertiary/aromatic N) is 1. The van der Waals surface area contributed by atoms with Crippen molar-refractivity contribution in [3.05, 3.63) is 0 Å². The molecule has 0 radical (unpaired) electrons. The first kappa shape index (κ1) is 41.0. The molecule has 3 N–H and O–H groups in total. The van der Waals surface area contributed by atoms with E-state index in [4.69, 9.17) is 9.05 Å². The van der Waals surface area contributed by atoms with Gasteiger partial charge in [-0.25, -0.2) is 4.57 Å². The first-order chi connectivity index (χ1) is 20.0. The first-order valence-corrected chi connectivity index (χ1v) is 18.5. The summed E-state index contributed by atoms with van der Waals surface area (Å²) in [6.45, 7) is 5.08. The van der Waals surface area contributed by atoms with E-state index in [-0.39, 0.29) is 31.5 Å². The van der Waals surface area contributed by atoms with Crippen molar-refractivity contribution in [2.24, 2.45) is 0 Å². The van der Waals surface area contributed by atoms with Gasteiger partial charge in [-0.15, -0.1) is 0 Å². The van der Waals surface area contributed by atoms with E-state index in [1.165, 1.54) is 77.0 Å². The monoisotopic (exact) mass is 620 g/mol. The highest BCUT2D eigenvalue weighted by molar-refractivity contribution is 7.47. The molecule has 0 fully saturated rings. The number of quaternary nitrogens is 1. The van der Waals surface area contributed by atoms with Crippen molar-refractivity contribution in [1.82, 2.24) is 10.6 Å².